The van der Waals surface area contributed by atoms with Crippen molar-refractivity contribution in [1.29, 1.82) is 0 Å². The summed E-state index contributed by atoms with van der Waals surface area (Å²) in [5.74, 6) is 0.420. The van der Waals surface area contributed by atoms with E-state index in [1.165, 1.54) is 31.1 Å². The second-order valence-electron chi connectivity index (χ2n) is 5.75. The highest BCUT2D eigenvalue weighted by molar-refractivity contribution is 14.0. The smallest absolute Gasteiger partial charge is 0.356 e. The molecule has 0 unspecified atom stereocenters. The van der Waals surface area contributed by atoms with Crippen molar-refractivity contribution in [3.63, 3.8) is 0 Å². The Morgan fingerprint density at radius 3 is 2.11 bits per heavy atom. The third-order valence-corrected chi connectivity index (χ3v) is 3.42. The van der Waals surface area contributed by atoms with Gasteiger partial charge in [0.15, 0.2) is 5.96 Å². The van der Waals surface area contributed by atoms with Crippen LogP contribution in [0.2, 0.25) is 0 Å². The average Bonchev–Trinajstić information content (AvgIpc) is 2.52. The molecule has 0 spiro atoms. The van der Waals surface area contributed by atoms with Gasteiger partial charge in [-0.1, -0.05) is 12.1 Å². The molecule has 0 aliphatic carbocycles. The van der Waals surface area contributed by atoms with Crippen molar-refractivity contribution in [2.75, 3.05) is 33.7 Å². The van der Waals surface area contributed by atoms with E-state index in [0.717, 1.165) is 12.1 Å². The third-order valence-electron chi connectivity index (χ3n) is 3.42. The number of guanidine groups is 1. The molecule has 0 heterocycles. The molecule has 2 N–H and O–H groups in total. The minimum Gasteiger partial charge on any atom is -0.356 e. The number of hydrogen-bond acceptors (Lipinski definition) is 2. The normalized spacial score (nSPS) is 12.7. The van der Waals surface area contributed by atoms with Gasteiger partial charge in [-0.05, 0) is 37.7 Å². The number of nitrogens with zero attached hydrogens (tertiary/aromatic N) is 2. The van der Waals surface area contributed by atoms with Gasteiger partial charge in [-0.25, -0.2) is 0 Å². The Hall–Kier alpha value is -1.24. The fourth-order valence-corrected chi connectivity index (χ4v) is 2.16. The van der Waals surface area contributed by atoms with E-state index in [1.54, 1.807) is 0 Å². The number of halogens is 7. The van der Waals surface area contributed by atoms with Crippen LogP contribution in [0.5, 0.6) is 0 Å². The van der Waals surface area contributed by atoms with Crippen LogP contribution in [0.4, 0.5) is 26.3 Å². The maximum Gasteiger partial charge on any atom is 0.416 e. The summed E-state index contributed by atoms with van der Waals surface area (Å²) in [6.07, 6.45) is -8.11. The maximum atomic E-state index is 12.5. The van der Waals surface area contributed by atoms with Gasteiger partial charge >= 0.3 is 12.4 Å². The topological polar surface area (TPSA) is 39.7 Å². The minimum atomic E-state index is -4.37. The highest BCUT2D eigenvalue weighted by Gasteiger charge is 2.30. The van der Waals surface area contributed by atoms with E-state index < -0.39 is 24.5 Å². The number of alkyl halides is 6. The summed E-state index contributed by atoms with van der Waals surface area (Å²) in [6.45, 7) is -0.0169. The Kier molecular flexibility index (Phi) is 11.0. The van der Waals surface area contributed by atoms with E-state index in [2.05, 4.69) is 15.6 Å². The van der Waals surface area contributed by atoms with Gasteiger partial charge in [-0.15, -0.1) is 24.0 Å². The largest absolute Gasteiger partial charge is 0.416 e. The first kappa shape index (κ1) is 25.8. The molecular formula is C16H23F6IN4. The zero-order chi connectivity index (χ0) is 19.8. The van der Waals surface area contributed by atoms with Crippen LogP contribution in [0.25, 0.3) is 0 Å². The molecular weight excluding hydrogens is 489 g/mol. The van der Waals surface area contributed by atoms with Gasteiger partial charge in [0.05, 0.1) is 12.1 Å². The Morgan fingerprint density at radius 1 is 1.04 bits per heavy atom. The Labute approximate surface area is 171 Å². The second kappa shape index (κ2) is 11.6. The SMILES string of the molecule is CN=C(NCCCN(C)CC(F)(F)F)NCc1ccc(C(F)(F)F)cc1.I. The fraction of sp³-hybridized carbons (Fsp3) is 0.562. The minimum absolute atomic E-state index is 0. The lowest BCUT2D eigenvalue weighted by Crippen LogP contribution is -2.39. The monoisotopic (exact) mass is 512 g/mol. The zero-order valence-electron chi connectivity index (χ0n) is 14.9. The first-order valence-corrected chi connectivity index (χ1v) is 7.87. The molecule has 27 heavy (non-hydrogen) atoms. The highest BCUT2D eigenvalue weighted by atomic mass is 127. The van der Waals surface area contributed by atoms with Crippen LogP contribution < -0.4 is 10.6 Å². The van der Waals surface area contributed by atoms with Crippen LogP contribution in [-0.2, 0) is 12.7 Å². The van der Waals surface area contributed by atoms with Gasteiger partial charge in [-0.3, -0.25) is 9.89 Å². The van der Waals surface area contributed by atoms with Gasteiger partial charge in [0, 0.05) is 20.1 Å². The molecule has 0 radical (unpaired) electrons. The summed E-state index contributed by atoms with van der Waals surface area (Å²) < 4.78 is 74.1. The Bertz CT molecular complexity index is 572. The van der Waals surface area contributed by atoms with E-state index in [9.17, 15) is 26.3 Å². The zero-order valence-corrected chi connectivity index (χ0v) is 17.2. The highest BCUT2D eigenvalue weighted by Crippen LogP contribution is 2.29. The van der Waals surface area contributed by atoms with Crippen molar-refractivity contribution in [2.24, 2.45) is 4.99 Å². The predicted molar refractivity (Wildman–Crippen MR) is 103 cm³/mol. The van der Waals surface area contributed by atoms with Crippen molar-refractivity contribution in [3.8, 4) is 0 Å². The third kappa shape index (κ3) is 11.3. The van der Waals surface area contributed by atoms with Crippen molar-refractivity contribution in [1.82, 2.24) is 15.5 Å². The number of aliphatic imine (C=N–C) groups is 1. The molecule has 4 nitrogen and oxygen atoms in total. The summed E-state index contributed by atoms with van der Waals surface area (Å²) in [7, 11) is 2.92. The molecule has 0 saturated carbocycles. The van der Waals surface area contributed by atoms with Gasteiger partial charge < -0.3 is 10.6 Å². The number of benzene rings is 1. The standard InChI is InChI=1S/C16H22F6N4.HI/c1-23-14(24-8-3-9-26(2)11-15(17,18)19)25-10-12-4-6-13(7-5-12)16(20,21)22;/h4-7H,3,8-11H2,1-2H3,(H2,23,24,25);1H. The van der Waals surface area contributed by atoms with Crippen molar-refractivity contribution in [2.45, 2.75) is 25.3 Å². The summed E-state index contributed by atoms with van der Waals surface area (Å²) >= 11 is 0. The van der Waals surface area contributed by atoms with Gasteiger partial charge in [0.2, 0.25) is 0 Å². The molecule has 0 amide bonds. The first-order valence-electron chi connectivity index (χ1n) is 7.87. The molecule has 11 heteroatoms. The van der Waals surface area contributed by atoms with Crippen molar-refractivity contribution >= 4 is 29.9 Å². The fourth-order valence-electron chi connectivity index (χ4n) is 2.16. The first-order chi connectivity index (χ1) is 12.0. The summed E-state index contributed by atoms with van der Waals surface area (Å²) in [5, 5.41) is 5.88. The Morgan fingerprint density at radius 2 is 1.63 bits per heavy atom. The summed E-state index contributed by atoms with van der Waals surface area (Å²) in [6, 6.07) is 4.75. The lowest BCUT2D eigenvalue weighted by molar-refractivity contribution is -0.143. The summed E-state index contributed by atoms with van der Waals surface area (Å²) in [4.78, 5) is 5.14. The van der Waals surface area contributed by atoms with Gasteiger partial charge in [-0.2, -0.15) is 26.3 Å². The molecule has 0 bridgehead atoms. The van der Waals surface area contributed by atoms with Gasteiger partial charge in [0.1, 0.15) is 0 Å². The number of hydrogen-bond donors (Lipinski definition) is 2. The van der Waals surface area contributed by atoms with Crippen LogP contribution in [0.15, 0.2) is 29.3 Å². The molecule has 1 rings (SSSR count). The molecule has 0 atom stereocenters. The van der Waals surface area contributed by atoms with Crippen molar-refractivity contribution < 1.29 is 26.3 Å². The second-order valence-corrected chi connectivity index (χ2v) is 5.75. The van der Waals surface area contributed by atoms with Crippen LogP contribution >= 0.6 is 24.0 Å². The Balaban J connectivity index is 0.00000676. The van der Waals surface area contributed by atoms with Crippen LogP contribution in [0, 0.1) is 0 Å². The molecule has 1 aromatic carbocycles. The van der Waals surface area contributed by atoms with E-state index in [-0.39, 0.29) is 37.1 Å². The molecule has 0 aromatic heterocycles. The van der Waals surface area contributed by atoms with Gasteiger partial charge in [0.25, 0.3) is 0 Å². The van der Waals surface area contributed by atoms with E-state index in [1.807, 2.05) is 0 Å². The van der Waals surface area contributed by atoms with E-state index >= 15 is 0 Å². The predicted octanol–water partition coefficient (Wildman–Crippen LogP) is 3.87. The lowest BCUT2D eigenvalue weighted by atomic mass is 10.1. The number of rotatable bonds is 7. The molecule has 0 fully saturated rings. The van der Waals surface area contributed by atoms with E-state index in [0.29, 0.717) is 24.5 Å². The molecule has 0 aliphatic heterocycles. The molecule has 0 saturated heterocycles. The summed E-state index contributed by atoms with van der Waals surface area (Å²) in [5.41, 5.74) is -0.0717. The van der Waals surface area contributed by atoms with Crippen LogP contribution in [0.3, 0.4) is 0 Å². The van der Waals surface area contributed by atoms with Crippen LogP contribution in [0.1, 0.15) is 17.5 Å². The molecule has 1 aromatic rings. The number of nitrogens with one attached hydrogen (secondary N) is 2. The maximum absolute atomic E-state index is 12.5. The van der Waals surface area contributed by atoms with Crippen molar-refractivity contribution in [3.05, 3.63) is 35.4 Å². The average molecular weight is 512 g/mol. The molecule has 0 aliphatic rings. The molecule has 156 valence electrons. The lowest BCUT2D eigenvalue weighted by Gasteiger charge is -2.19. The quantitative estimate of drug-likeness (QED) is 0.192. The van der Waals surface area contributed by atoms with E-state index in [4.69, 9.17) is 0 Å². The van der Waals surface area contributed by atoms with Crippen LogP contribution in [-0.4, -0.2) is 50.8 Å².